The van der Waals surface area contributed by atoms with Crippen LogP contribution in [0.1, 0.15) is 0 Å². The molecule has 3 N–H and O–H groups in total. The molecule has 1 rings (SSSR count). The molecule has 1 amide bonds. The lowest BCUT2D eigenvalue weighted by Gasteiger charge is -2.17. The standard InChI is InChI=1S/C16H15F2IN4O3/c1-21-8-9-6-13(14(26-2)7-11(9)20)22-16(24)10(19)4-3-5-12(23-25)15(17)18/h3-8,15,20,25H,1H2,2H3,(H,22,24)/b5-3-,9-8-,10-4-,20-11?,23-12-. The lowest BCUT2D eigenvalue weighted by atomic mass is 10.0. The van der Waals surface area contributed by atoms with Crippen LogP contribution in [0.25, 0.3) is 0 Å². The van der Waals surface area contributed by atoms with Gasteiger partial charge in [0.1, 0.15) is 11.5 Å². The molecule has 138 valence electrons. The zero-order valence-electron chi connectivity index (χ0n) is 13.5. The van der Waals surface area contributed by atoms with Crippen molar-refractivity contribution in [1.29, 1.82) is 5.41 Å². The second kappa shape index (κ2) is 10.4. The number of rotatable bonds is 7. The van der Waals surface area contributed by atoms with Crippen molar-refractivity contribution in [2.24, 2.45) is 10.1 Å². The number of nitrogens with one attached hydrogen (secondary N) is 2. The summed E-state index contributed by atoms with van der Waals surface area (Å²) in [5.74, 6) is -0.250. The monoisotopic (exact) mass is 476 g/mol. The van der Waals surface area contributed by atoms with Crippen LogP contribution < -0.4 is 5.32 Å². The van der Waals surface area contributed by atoms with Gasteiger partial charge < -0.3 is 20.7 Å². The topological polar surface area (TPSA) is 107 Å². The number of alkyl halides is 2. The molecule has 0 atom stereocenters. The van der Waals surface area contributed by atoms with Gasteiger partial charge in [0.05, 0.1) is 22.1 Å². The molecular weight excluding hydrogens is 461 g/mol. The van der Waals surface area contributed by atoms with Crippen molar-refractivity contribution in [3.8, 4) is 0 Å². The lowest BCUT2D eigenvalue weighted by molar-refractivity contribution is -0.116. The summed E-state index contributed by atoms with van der Waals surface area (Å²) >= 11 is 1.72. The van der Waals surface area contributed by atoms with Crippen LogP contribution in [0.2, 0.25) is 0 Å². The summed E-state index contributed by atoms with van der Waals surface area (Å²) in [5, 5.41) is 21.3. The first-order valence-electron chi connectivity index (χ1n) is 6.92. The smallest absolute Gasteiger partial charge is 0.283 e. The van der Waals surface area contributed by atoms with Crippen LogP contribution in [-0.2, 0) is 9.53 Å². The average Bonchev–Trinajstić information content (AvgIpc) is 2.60. The highest BCUT2D eigenvalue weighted by Gasteiger charge is 2.18. The van der Waals surface area contributed by atoms with Gasteiger partial charge in [-0.15, -0.1) is 0 Å². The molecule has 0 spiro atoms. The highest BCUT2D eigenvalue weighted by Crippen LogP contribution is 2.20. The van der Waals surface area contributed by atoms with Crippen molar-refractivity contribution >= 4 is 46.6 Å². The number of oxime groups is 1. The molecule has 0 aromatic rings. The molecule has 0 aliphatic heterocycles. The van der Waals surface area contributed by atoms with Crippen LogP contribution in [0.5, 0.6) is 0 Å². The fourth-order valence-electron chi connectivity index (χ4n) is 1.71. The SMILES string of the molecule is C=N/C=C1/C=C(NC(=O)/C(I)=C/C=C\C(=N\O)C(F)F)C(OC)=CC1=N. The van der Waals surface area contributed by atoms with Crippen LogP contribution in [-0.4, -0.2) is 42.8 Å². The molecule has 0 aromatic heterocycles. The Kier molecular flexibility index (Phi) is 8.55. The van der Waals surface area contributed by atoms with Crippen molar-refractivity contribution in [2.75, 3.05) is 7.11 Å². The fourth-order valence-corrected chi connectivity index (χ4v) is 2.05. The molecule has 0 fully saturated rings. The number of carbonyl (C=O) groups is 1. The van der Waals surface area contributed by atoms with E-state index in [1.807, 2.05) is 0 Å². The van der Waals surface area contributed by atoms with E-state index in [0.29, 0.717) is 11.3 Å². The summed E-state index contributed by atoms with van der Waals surface area (Å²) in [6.07, 6.45) is 4.66. The predicted molar refractivity (Wildman–Crippen MR) is 103 cm³/mol. The van der Waals surface area contributed by atoms with Gasteiger partial charge >= 0.3 is 0 Å². The summed E-state index contributed by atoms with van der Waals surface area (Å²) in [7, 11) is 1.39. The van der Waals surface area contributed by atoms with E-state index in [9.17, 15) is 13.6 Å². The Hall–Kier alpha value is -2.63. The molecule has 0 saturated carbocycles. The Morgan fingerprint density at radius 1 is 1.50 bits per heavy atom. The van der Waals surface area contributed by atoms with Gasteiger partial charge in [0.25, 0.3) is 12.3 Å². The Morgan fingerprint density at radius 3 is 2.73 bits per heavy atom. The fraction of sp³-hybridized carbons (Fsp3) is 0.125. The number of halogens is 3. The van der Waals surface area contributed by atoms with Crippen molar-refractivity contribution in [3.05, 3.63) is 57.2 Å². The minimum atomic E-state index is -2.93. The van der Waals surface area contributed by atoms with Gasteiger partial charge in [-0.05, 0) is 47.5 Å². The molecule has 1 aliphatic carbocycles. The van der Waals surface area contributed by atoms with E-state index in [1.165, 1.54) is 31.5 Å². The zero-order valence-corrected chi connectivity index (χ0v) is 15.7. The largest absolute Gasteiger partial charge is 0.494 e. The maximum Gasteiger partial charge on any atom is 0.283 e. The minimum Gasteiger partial charge on any atom is -0.494 e. The summed E-state index contributed by atoms with van der Waals surface area (Å²) in [5.41, 5.74) is 0.0507. The van der Waals surface area contributed by atoms with Crippen LogP contribution >= 0.6 is 22.6 Å². The minimum absolute atomic E-state index is 0.142. The Labute approximate surface area is 161 Å². The van der Waals surface area contributed by atoms with Gasteiger partial charge in [0, 0.05) is 17.8 Å². The molecule has 0 radical (unpaired) electrons. The number of hydrogen-bond donors (Lipinski definition) is 3. The van der Waals surface area contributed by atoms with E-state index in [1.54, 1.807) is 22.6 Å². The van der Waals surface area contributed by atoms with Gasteiger partial charge in [-0.25, -0.2) is 8.78 Å². The third-order valence-corrected chi connectivity index (χ3v) is 3.77. The number of allylic oxidation sites excluding steroid dienone is 6. The van der Waals surface area contributed by atoms with Gasteiger partial charge in [0.2, 0.25) is 0 Å². The first-order chi connectivity index (χ1) is 12.3. The number of ether oxygens (including phenoxy) is 1. The maximum atomic E-state index is 12.4. The molecule has 1 aliphatic rings. The quantitative estimate of drug-likeness (QED) is 0.131. The third kappa shape index (κ3) is 6.02. The highest BCUT2D eigenvalue weighted by atomic mass is 127. The lowest BCUT2D eigenvalue weighted by Crippen LogP contribution is -2.26. The Bertz CT molecular complexity index is 780. The van der Waals surface area contributed by atoms with Crippen molar-refractivity contribution in [2.45, 2.75) is 6.43 Å². The second-order valence-corrected chi connectivity index (χ2v) is 5.77. The molecule has 10 heteroatoms. The van der Waals surface area contributed by atoms with E-state index in [-0.39, 0.29) is 15.1 Å². The van der Waals surface area contributed by atoms with Crippen molar-refractivity contribution < 1.29 is 23.5 Å². The van der Waals surface area contributed by atoms with E-state index >= 15 is 0 Å². The average molecular weight is 476 g/mol. The number of aliphatic imine (C=N–C) groups is 1. The summed E-state index contributed by atoms with van der Waals surface area (Å²) in [4.78, 5) is 15.8. The zero-order chi connectivity index (χ0) is 19.7. The van der Waals surface area contributed by atoms with Gasteiger partial charge in [-0.3, -0.25) is 9.79 Å². The summed E-state index contributed by atoms with van der Waals surface area (Å²) in [6, 6.07) is 0. The number of amides is 1. The van der Waals surface area contributed by atoms with Crippen molar-refractivity contribution in [1.82, 2.24) is 5.32 Å². The molecular formula is C16H15F2IN4O3. The normalized spacial score (nSPS) is 17.4. The molecule has 26 heavy (non-hydrogen) atoms. The van der Waals surface area contributed by atoms with E-state index in [2.05, 4.69) is 22.2 Å². The summed E-state index contributed by atoms with van der Waals surface area (Å²) < 4.78 is 30.1. The predicted octanol–water partition coefficient (Wildman–Crippen LogP) is 3.11. The highest BCUT2D eigenvalue weighted by molar-refractivity contribution is 14.1. The number of nitrogens with zero attached hydrogens (tertiary/aromatic N) is 2. The summed E-state index contributed by atoms with van der Waals surface area (Å²) in [6.45, 7) is 3.32. The Balaban J connectivity index is 2.95. The van der Waals surface area contributed by atoms with E-state index in [4.69, 9.17) is 15.4 Å². The molecule has 0 heterocycles. The number of hydrogen-bond acceptors (Lipinski definition) is 6. The first kappa shape index (κ1) is 21.4. The van der Waals surface area contributed by atoms with Crippen LogP contribution in [0, 0.1) is 5.41 Å². The molecule has 0 bridgehead atoms. The third-order valence-electron chi connectivity index (χ3n) is 2.92. The molecule has 0 unspecified atom stereocenters. The van der Waals surface area contributed by atoms with E-state index < -0.39 is 18.0 Å². The van der Waals surface area contributed by atoms with Crippen LogP contribution in [0.4, 0.5) is 8.78 Å². The first-order valence-corrected chi connectivity index (χ1v) is 7.99. The molecule has 0 saturated heterocycles. The second-order valence-electron chi connectivity index (χ2n) is 4.60. The number of methoxy groups -OCH3 is 1. The Morgan fingerprint density at radius 2 is 2.19 bits per heavy atom. The number of carbonyl (C=O) groups excluding carboxylic acids is 1. The molecule has 7 nitrogen and oxygen atoms in total. The maximum absolute atomic E-state index is 12.4. The van der Waals surface area contributed by atoms with E-state index in [0.717, 1.165) is 12.2 Å². The van der Waals surface area contributed by atoms with Gasteiger partial charge in [-0.2, -0.15) is 0 Å². The van der Waals surface area contributed by atoms with Crippen LogP contribution in [0.3, 0.4) is 0 Å². The molecule has 0 aromatic carbocycles. The van der Waals surface area contributed by atoms with Crippen LogP contribution in [0.15, 0.2) is 67.3 Å². The van der Waals surface area contributed by atoms with Gasteiger partial charge in [0.15, 0.2) is 0 Å². The van der Waals surface area contributed by atoms with Crippen molar-refractivity contribution in [3.63, 3.8) is 0 Å². The van der Waals surface area contributed by atoms with Gasteiger partial charge in [-0.1, -0.05) is 11.2 Å².